The lowest BCUT2D eigenvalue weighted by atomic mass is 9.62. The van der Waals surface area contributed by atoms with Gasteiger partial charge in [-0.15, -0.1) is 0 Å². The van der Waals surface area contributed by atoms with Crippen molar-refractivity contribution >= 4 is 12.4 Å². The highest BCUT2D eigenvalue weighted by molar-refractivity contribution is 6.68. The van der Waals surface area contributed by atoms with Crippen LogP contribution in [-0.2, 0) is 17.9 Å². The topological polar surface area (TPSA) is 29.5 Å². The zero-order valence-corrected chi connectivity index (χ0v) is 7.08. The van der Waals surface area contributed by atoms with Crippen LogP contribution in [0.4, 0.5) is 0 Å². The van der Waals surface area contributed by atoms with Crippen molar-refractivity contribution in [3.8, 4) is 0 Å². The molecule has 0 saturated carbocycles. The van der Waals surface area contributed by atoms with Gasteiger partial charge < -0.3 is 9.76 Å². The van der Waals surface area contributed by atoms with Gasteiger partial charge in [-0.2, -0.15) is 0 Å². The molecule has 0 aliphatic carbocycles. The Morgan fingerprint density at radius 2 is 2.42 bits per heavy atom. The van der Waals surface area contributed by atoms with Gasteiger partial charge in [0.1, 0.15) is 0 Å². The van der Waals surface area contributed by atoms with Gasteiger partial charge in [-0.3, -0.25) is 0 Å². The molecule has 0 atom stereocenters. The van der Waals surface area contributed by atoms with Crippen molar-refractivity contribution in [2.75, 3.05) is 0 Å². The molecule has 3 heteroatoms. The summed E-state index contributed by atoms with van der Waals surface area (Å²) in [6.07, 6.45) is 0. The van der Waals surface area contributed by atoms with E-state index in [-0.39, 0.29) is 13.5 Å². The number of benzene rings is 1. The summed E-state index contributed by atoms with van der Waals surface area (Å²) in [5, 5.41) is 9.06. The average molecular weight is 162 g/mol. The zero-order valence-electron chi connectivity index (χ0n) is 7.08. The Balaban J connectivity index is 2.53. The molecule has 2 nitrogen and oxygen atoms in total. The number of rotatable bonds is 1. The summed E-state index contributed by atoms with van der Waals surface area (Å²) in [4.78, 5) is 0. The molecule has 0 unspecified atom stereocenters. The molecule has 0 bridgehead atoms. The SMILES string of the molecule is CB1OCc2cccc(CO)c21. The predicted octanol–water partition coefficient (Wildman–Crippen LogP) is 0.537. The molecule has 1 aliphatic rings. The predicted molar refractivity (Wildman–Crippen MR) is 48.4 cm³/mol. The average Bonchev–Trinajstić information content (AvgIpc) is 2.48. The molecule has 1 heterocycles. The first-order valence-electron chi connectivity index (χ1n) is 4.16. The Hall–Kier alpha value is -0.795. The molecular weight excluding hydrogens is 151 g/mol. The van der Waals surface area contributed by atoms with E-state index in [0.717, 1.165) is 5.56 Å². The lowest BCUT2D eigenvalue weighted by Crippen LogP contribution is -2.28. The lowest BCUT2D eigenvalue weighted by Gasteiger charge is -2.05. The Morgan fingerprint density at radius 1 is 1.58 bits per heavy atom. The van der Waals surface area contributed by atoms with Crippen molar-refractivity contribution in [2.24, 2.45) is 0 Å². The van der Waals surface area contributed by atoms with Crippen molar-refractivity contribution in [3.05, 3.63) is 29.3 Å². The highest BCUT2D eigenvalue weighted by atomic mass is 16.4. The third-order valence-corrected chi connectivity index (χ3v) is 2.35. The normalized spacial score (nSPS) is 15.0. The first kappa shape index (κ1) is 7.83. The largest absolute Gasteiger partial charge is 0.427 e. The molecule has 0 saturated heterocycles. The Kier molecular flexibility index (Phi) is 1.91. The number of fused-ring (bicyclic) bond motifs is 1. The summed E-state index contributed by atoms with van der Waals surface area (Å²) in [5.41, 5.74) is 3.39. The van der Waals surface area contributed by atoms with Gasteiger partial charge >= 0.3 is 6.92 Å². The summed E-state index contributed by atoms with van der Waals surface area (Å²) in [5.74, 6) is 0. The third-order valence-electron chi connectivity index (χ3n) is 2.35. The van der Waals surface area contributed by atoms with E-state index >= 15 is 0 Å². The van der Waals surface area contributed by atoms with Gasteiger partial charge in [-0.1, -0.05) is 25.0 Å². The van der Waals surface area contributed by atoms with Crippen molar-refractivity contribution in [3.63, 3.8) is 0 Å². The molecule has 1 N–H and O–H groups in total. The maximum atomic E-state index is 9.06. The van der Waals surface area contributed by atoms with Crippen molar-refractivity contribution in [1.29, 1.82) is 0 Å². The molecule has 1 aromatic rings. The van der Waals surface area contributed by atoms with Gasteiger partial charge in [-0.05, 0) is 16.6 Å². The molecular formula is C9H11BO2. The van der Waals surface area contributed by atoms with Crippen molar-refractivity contribution in [1.82, 2.24) is 0 Å². The summed E-state index contributed by atoms with van der Waals surface area (Å²) >= 11 is 0. The van der Waals surface area contributed by atoms with Crippen molar-refractivity contribution < 1.29 is 9.76 Å². The molecule has 0 radical (unpaired) electrons. The highest BCUT2D eigenvalue weighted by Gasteiger charge is 2.25. The maximum Gasteiger partial charge on any atom is 0.324 e. The Labute approximate surface area is 72.3 Å². The summed E-state index contributed by atoms with van der Waals surface area (Å²) < 4.78 is 5.45. The minimum atomic E-state index is 0.108. The zero-order chi connectivity index (χ0) is 8.55. The monoisotopic (exact) mass is 162 g/mol. The van der Waals surface area contributed by atoms with E-state index in [4.69, 9.17) is 9.76 Å². The van der Waals surface area contributed by atoms with Crippen LogP contribution in [0.5, 0.6) is 0 Å². The van der Waals surface area contributed by atoms with Crippen LogP contribution >= 0.6 is 0 Å². The minimum absolute atomic E-state index is 0.108. The van der Waals surface area contributed by atoms with Crippen LogP contribution in [0.25, 0.3) is 0 Å². The molecule has 1 aromatic carbocycles. The van der Waals surface area contributed by atoms with Gasteiger partial charge in [-0.25, -0.2) is 0 Å². The van der Waals surface area contributed by atoms with Crippen LogP contribution in [0.1, 0.15) is 11.1 Å². The second kappa shape index (κ2) is 2.92. The number of aliphatic hydroxyl groups is 1. The molecule has 2 rings (SSSR count). The Bertz CT molecular complexity index is 299. The van der Waals surface area contributed by atoms with Crippen LogP contribution in [0, 0.1) is 0 Å². The van der Waals surface area contributed by atoms with Crippen LogP contribution in [0.3, 0.4) is 0 Å². The fraction of sp³-hybridized carbons (Fsp3) is 0.333. The second-order valence-corrected chi connectivity index (χ2v) is 3.10. The molecule has 12 heavy (non-hydrogen) atoms. The van der Waals surface area contributed by atoms with Gasteiger partial charge in [0.2, 0.25) is 0 Å². The first-order chi connectivity index (χ1) is 5.83. The number of aliphatic hydroxyl groups excluding tert-OH is 1. The summed E-state index contributed by atoms with van der Waals surface area (Å²) in [6, 6.07) is 5.97. The molecule has 0 spiro atoms. The standard InChI is InChI=1S/C9H11BO2/c1-10-9-7(5-11)3-2-4-8(9)6-12-10/h2-4,11H,5-6H2,1H3. The van der Waals surface area contributed by atoms with Gasteiger partial charge in [0.05, 0.1) is 13.2 Å². The van der Waals surface area contributed by atoms with E-state index in [1.54, 1.807) is 0 Å². The maximum absolute atomic E-state index is 9.06. The van der Waals surface area contributed by atoms with Crippen LogP contribution in [-0.4, -0.2) is 12.0 Å². The van der Waals surface area contributed by atoms with Gasteiger partial charge in [0, 0.05) is 0 Å². The van der Waals surface area contributed by atoms with Gasteiger partial charge in [0.15, 0.2) is 0 Å². The van der Waals surface area contributed by atoms with E-state index < -0.39 is 0 Å². The summed E-state index contributed by atoms with van der Waals surface area (Å²) in [6.45, 7) is 2.95. The fourth-order valence-electron chi connectivity index (χ4n) is 1.75. The molecule has 0 aromatic heterocycles. The van der Waals surface area contributed by atoms with E-state index in [0.29, 0.717) is 6.61 Å². The highest BCUT2D eigenvalue weighted by Crippen LogP contribution is 2.13. The second-order valence-electron chi connectivity index (χ2n) is 3.10. The van der Waals surface area contributed by atoms with Crippen molar-refractivity contribution in [2.45, 2.75) is 20.0 Å². The van der Waals surface area contributed by atoms with E-state index in [1.165, 1.54) is 11.0 Å². The Morgan fingerprint density at radius 3 is 3.17 bits per heavy atom. The van der Waals surface area contributed by atoms with Crippen LogP contribution in [0.2, 0.25) is 6.82 Å². The van der Waals surface area contributed by atoms with E-state index in [1.807, 2.05) is 19.0 Å². The third kappa shape index (κ3) is 1.06. The van der Waals surface area contributed by atoms with Crippen LogP contribution < -0.4 is 5.46 Å². The summed E-state index contributed by atoms with van der Waals surface area (Å²) in [7, 11) is 0. The van der Waals surface area contributed by atoms with E-state index in [2.05, 4.69) is 6.07 Å². The van der Waals surface area contributed by atoms with E-state index in [9.17, 15) is 0 Å². The number of hydrogen-bond donors (Lipinski definition) is 1. The molecule has 0 amide bonds. The van der Waals surface area contributed by atoms with Gasteiger partial charge in [0.25, 0.3) is 0 Å². The smallest absolute Gasteiger partial charge is 0.324 e. The molecule has 1 aliphatic heterocycles. The fourth-order valence-corrected chi connectivity index (χ4v) is 1.75. The lowest BCUT2D eigenvalue weighted by molar-refractivity contribution is 0.283. The van der Waals surface area contributed by atoms with Crippen LogP contribution in [0.15, 0.2) is 18.2 Å². The quantitative estimate of drug-likeness (QED) is 0.610. The molecule has 62 valence electrons. The number of hydrogen-bond acceptors (Lipinski definition) is 2. The minimum Gasteiger partial charge on any atom is -0.427 e. The first-order valence-corrected chi connectivity index (χ1v) is 4.16. The molecule has 0 fully saturated rings.